The van der Waals surface area contributed by atoms with Gasteiger partial charge in [0.15, 0.2) is 0 Å². The molecule has 17 heavy (non-hydrogen) atoms. The third-order valence-corrected chi connectivity index (χ3v) is 2.60. The van der Waals surface area contributed by atoms with Gasteiger partial charge in [0, 0.05) is 6.04 Å². The summed E-state index contributed by atoms with van der Waals surface area (Å²) >= 11 is 0. The van der Waals surface area contributed by atoms with E-state index in [1.165, 1.54) is 0 Å². The molecule has 0 aromatic rings. The lowest BCUT2D eigenvalue weighted by Crippen LogP contribution is -2.51. The maximum absolute atomic E-state index is 12.7. The van der Waals surface area contributed by atoms with Crippen LogP contribution in [0.2, 0.25) is 0 Å². The first-order valence-corrected chi connectivity index (χ1v) is 5.24. The first-order chi connectivity index (χ1) is 7.65. The van der Waals surface area contributed by atoms with Crippen LogP contribution in [-0.2, 0) is 0 Å². The fourth-order valence-electron chi connectivity index (χ4n) is 1.78. The summed E-state index contributed by atoms with van der Waals surface area (Å²) in [6, 6.07) is -2.71. The van der Waals surface area contributed by atoms with Crippen molar-refractivity contribution in [2.24, 2.45) is 5.73 Å². The second-order valence-electron chi connectivity index (χ2n) is 4.15. The van der Waals surface area contributed by atoms with E-state index in [-0.39, 0.29) is 6.54 Å². The summed E-state index contributed by atoms with van der Waals surface area (Å²) in [6.45, 7) is -1.81. The molecule has 1 atom stereocenters. The zero-order valence-corrected chi connectivity index (χ0v) is 8.98. The van der Waals surface area contributed by atoms with Crippen LogP contribution in [0.3, 0.4) is 0 Å². The fourth-order valence-corrected chi connectivity index (χ4v) is 1.78. The van der Waals surface area contributed by atoms with E-state index in [1.54, 1.807) is 0 Å². The van der Waals surface area contributed by atoms with Crippen LogP contribution in [0, 0.1) is 0 Å². The van der Waals surface area contributed by atoms with Gasteiger partial charge < -0.3 is 5.73 Å². The molecule has 0 aromatic carbocycles. The van der Waals surface area contributed by atoms with Gasteiger partial charge in [0.1, 0.15) is 6.04 Å². The first-order valence-electron chi connectivity index (χ1n) is 5.24. The number of nitrogens with two attached hydrogens (primary N) is 1. The highest BCUT2D eigenvalue weighted by Gasteiger charge is 2.50. The lowest BCUT2D eigenvalue weighted by molar-refractivity contribution is -0.212. The molecule has 102 valence electrons. The number of hydrogen-bond acceptors (Lipinski definition) is 2. The van der Waals surface area contributed by atoms with Crippen molar-refractivity contribution in [2.45, 2.75) is 43.7 Å². The van der Waals surface area contributed by atoms with Gasteiger partial charge >= 0.3 is 12.4 Å². The monoisotopic (exact) mass is 264 g/mol. The van der Waals surface area contributed by atoms with E-state index in [4.69, 9.17) is 5.73 Å². The van der Waals surface area contributed by atoms with Crippen molar-refractivity contribution in [3.63, 3.8) is 0 Å². The van der Waals surface area contributed by atoms with E-state index in [2.05, 4.69) is 0 Å². The molecule has 0 radical (unpaired) electrons. The zero-order chi connectivity index (χ0) is 13.3. The average Bonchev–Trinajstić information content (AvgIpc) is 2.90. The molecule has 1 aliphatic carbocycles. The molecule has 0 bridgehead atoms. The molecule has 0 aromatic heterocycles. The van der Waals surface area contributed by atoms with Gasteiger partial charge in [-0.2, -0.15) is 26.3 Å². The van der Waals surface area contributed by atoms with E-state index >= 15 is 0 Å². The normalized spacial score (nSPS) is 19.8. The lowest BCUT2D eigenvalue weighted by atomic mass is 10.1. The molecule has 1 fully saturated rings. The molecule has 0 aliphatic heterocycles. The lowest BCUT2D eigenvalue weighted by Gasteiger charge is -2.33. The van der Waals surface area contributed by atoms with E-state index in [0.29, 0.717) is 17.7 Å². The highest BCUT2D eigenvalue weighted by atomic mass is 19.4. The molecule has 2 nitrogen and oxygen atoms in total. The molecule has 2 N–H and O–H groups in total. The summed E-state index contributed by atoms with van der Waals surface area (Å²) in [5.41, 5.74) is 5.04. The Morgan fingerprint density at radius 2 is 1.65 bits per heavy atom. The molecular formula is C9H14F6N2. The van der Waals surface area contributed by atoms with Crippen molar-refractivity contribution in [1.29, 1.82) is 0 Å². The Hall–Kier alpha value is -0.500. The largest absolute Gasteiger partial charge is 0.404 e. The molecule has 8 heteroatoms. The topological polar surface area (TPSA) is 29.3 Å². The van der Waals surface area contributed by atoms with E-state index < -0.39 is 37.4 Å². The van der Waals surface area contributed by atoms with Crippen molar-refractivity contribution in [2.75, 3.05) is 13.1 Å². The molecule has 0 heterocycles. The van der Waals surface area contributed by atoms with Gasteiger partial charge in [0.2, 0.25) is 0 Å². The van der Waals surface area contributed by atoms with E-state index in [9.17, 15) is 26.3 Å². The minimum atomic E-state index is -4.67. The molecular weight excluding hydrogens is 250 g/mol. The Bertz CT molecular complexity index is 245. The molecule has 0 amide bonds. The van der Waals surface area contributed by atoms with Crippen molar-refractivity contribution in [1.82, 2.24) is 4.90 Å². The summed E-state index contributed by atoms with van der Waals surface area (Å²) in [6.07, 6.45) is -9.04. The van der Waals surface area contributed by atoms with Crippen molar-refractivity contribution < 1.29 is 26.3 Å². The highest BCUT2D eigenvalue weighted by Crippen LogP contribution is 2.37. The molecule has 1 aliphatic rings. The Kier molecular flexibility index (Phi) is 4.29. The Labute approximate surface area is 94.7 Å². The van der Waals surface area contributed by atoms with Crippen LogP contribution in [0.4, 0.5) is 26.3 Å². The fraction of sp³-hybridized carbons (Fsp3) is 1.00. The first kappa shape index (κ1) is 14.6. The summed E-state index contributed by atoms with van der Waals surface area (Å²) in [5, 5.41) is 0. The van der Waals surface area contributed by atoms with Gasteiger partial charge in [-0.3, -0.25) is 4.90 Å². The molecule has 0 saturated heterocycles. The quantitative estimate of drug-likeness (QED) is 0.772. The van der Waals surface area contributed by atoms with Gasteiger partial charge in [0.05, 0.1) is 6.54 Å². The Balaban J connectivity index is 2.78. The van der Waals surface area contributed by atoms with Crippen molar-refractivity contribution >= 4 is 0 Å². The zero-order valence-electron chi connectivity index (χ0n) is 8.98. The van der Waals surface area contributed by atoms with Crippen LogP contribution in [0.5, 0.6) is 0 Å². The third-order valence-electron chi connectivity index (χ3n) is 2.60. The number of nitrogens with zero attached hydrogens (tertiary/aromatic N) is 1. The average molecular weight is 264 g/mol. The van der Waals surface area contributed by atoms with Crippen LogP contribution in [0.25, 0.3) is 0 Å². The minimum Gasteiger partial charge on any atom is -0.330 e. The number of alkyl halides is 6. The van der Waals surface area contributed by atoms with Crippen LogP contribution >= 0.6 is 0 Å². The van der Waals surface area contributed by atoms with Crippen LogP contribution < -0.4 is 5.73 Å². The van der Waals surface area contributed by atoms with Crippen molar-refractivity contribution in [3.05, 3.63) is 0 Å². The van der Waals surface area contributed by atoms with Gasteiger partial charge in [-0.05, 0) is 25.8 Å². The summed E-state index contributed by atoms with van der Waals surface area (Å²) in [7, 11) is 0. The standard InChI is InChI=1S/C9H14F6N2/c10-8(11,12)5-17(6-1-2-6)7(3-4-16)9(13,14)15/h6-7H,1-5,16H2. The Morgan fingerprint density at radius 1 is 1.12 bits per heavy atom. The van der Waals surface area contributed by atoms with Crippen LogP contribution in [-0.4, -0.2) is 42.4 Å². The van der Waals surface area contributed by atoms with Crippen LogP contribution in [0.15, 0.2) is 0 Å². The van der Waals surface area contributed by atoms with Crippen LogP contribution in [0.1, 0.15) is 19.3 Å². The highest BCUT2D eigenvalue weighted by molar-refractivity contribution is 4.92. The van der Waals surface area contributed by atoms with E-state index in [1.807, 2.05) is 0 Å². The number of hydrogen-bond donors (Lipinski definition) is 1. The second-order valence-corrected chi connectivity index (χ2v) is 4.15. The second kappa shape index (κ2) is 5.01. The van der Waals surface area contributed by atoms with Gasteiger partial charge in [-0.25, -0.2) is 0 Å². The minimum absolute atomic E-state index is 0.286. The Morgan fingerprint density at radius 3 is 1.94 bits per heavy atom. The smallest absolute Gasteiger partial charge is 0.330 e. The maximum Gasteiger partial charge on any atom is 0.404 e. The molecule has 1 rings (SSSR count). The predicted molar refractivity (Wildman–Crippen MR) is 49.3 cm³/mol. The molecule has 1 unspecified atom stereocenters. The maximum atomic E-state index is 12.7. The van der Waals surface area contributed by atoms with Gasteiger partial charge in [-0.1, -0.05) is 0 Å². The summed E-state index contributed by atoms with van der Waals surface area (Å²) in [5.74, 6) is 0. The number of rotatable bonds is 5. The SMILES string of the molecule is NCCC(N(CC(F)(F)F)C1CC1)C(F)(F)F. The van der Waals surface area contributed by atoms with E-state index in [0.717, 1.165) is 0 Å². The number of halogens is 6. The summed E-state index contributed by atoms with van der Waals surface area (Å²) < 4.78 is 74.7. The third kappa shape index (κ3) is 4.71. The van der Waals surface area contributed by atoms with Gasteiger partial charge in [0.25, 0.3) is 0 Å². The molecule has 1 saturated carbocycles. The molecule has 0 spiro atoms. The predicted octanol–water partition coefficient (Wildman–Crippen LogP) is 2.29. The van der Waals surface area contributed by atoms with Gasteiger partial charge in [-0.15, -0.1) is 0 Å². The summed E-state index contributed by atoms with van der Waals surface area (Å²) in [4.78, 5) is 0.493. The van der Waals surface area contributed by atoms with Crippen molar-refractivity contribution in [3.8, 4) is 0 Å².